The second-order valence-electron chi connectivity index (χ2n) is 8.29. The van der Waals surface area contributed by atoms with Gasteiger partial charge in [-0.15, -0.1) is 0 Å². The number of nitrogens with one attached hydrogen (secondary N) is 1. The summed E-state index contributed by atoms with van der Waals surface area (Å²) in [6.07, 6.45) is 7.69. The van der Waals surface area contributed by atoms with E-state index in [2.05, 4.69) is 22.1 Å². The molecule has 1 aromatic rings. The first-order valence-corrected chi connectivity index (χ1v) is 10.2. The standard InChI is InChI=1S/C20H31N5O/c1-15-4-3-8-24(12-15)14-19(26)25-9-6-18-17(13-25)11-22-20(23-18)16-5-2-7-21-10-16/h11,15-16,21H,2-10,12-14H2,1H3/t15-,16-/m0/s1. The number of hydrogen-bond acceptors (Lipinski definition) is 5. The van der Waals surface area contributed by atoms with Gasteiger partial charge >= 0.3 is 0 Å². The minimum atomic E-state index is 0.255. The van der Waals surface area contributed by atoms with Gasteiger partial charge in [0.15, 0.2) is 0 Å². The monoisotopic (exact) mass is 357 g/mol. The highest BCUT2D eigenvalue weighted by Gasteiger charge is 2.26. The average molecular weight is 358 g/mol. The lowest BCUT2D eigenvalue weighted by molar-refractivity contribution is -0.133. The number of nitrogens with zero attached hydrogens (tertiary/aromatic N) is 4. The second-order valence-corrected chi connectivity index (χ2v) is 8.29. The van der Waals surface area contributed by atoms with Gasteiger partial charge in [-0.1, -0.05) is 6.92 Å². The van der Waals surface area contributed by atoms with E-state index >= 15 is 0 Å². The zero-order valence-corrected chi connectivity index (χ0v) is 15.9. The van der Waals surface area contributed by atoms with Crippen LogP contribution < -0.4 is 5.32 Å². The van der Waals surface area contributed by atoms with Crippen LogP contribution in [0.25, 0.3) is 0 Å². The summed E-state index contributed by atoms with van der Waals surface area (Å²) in [5.41, 5.74) is 2.28. The lowest BCUT2D eigenvalue weighted by atomic mass is 9.98. The van der Waals surface area contributed by atoms with E-state index in [0.717, 1.165) is 56.2 Å². The molecule has 6 heteroatoms. The van der Waals surface area contributed by atoms with E-state index in [4.69, 9.17) is 4.98 Å². The Balaban J connectivity index is 1.37. The third-order valence-corrected chi connectivity index (χ3v) is 6.07. The molecule has 26 heavy (non-hydrogen) atoms. The lowest BCUT2D eigenvalue weighted by Crippen LogP contribution is -2.45. The lowest BCUT2D eigenvalue weighted by Gasteiger charge is -2.34. The summed E-state index contributed by atoms with van der Waals surface area (Å²) in [6.45, 7) is 8.50. The molecular weight excluding hydrogens is 326 g/mol. The number of aromatic nitrogens is 2. The quantitative estimate of drug-likeness (QED) is 0.890. The molecule has 3 aliphatic heterocycles. The number of piperidine rings is 2. The van der Waals surface area contributed by atoms with E-state index in [-0.39, 0.29) is 5.91 Å². The number of likely N-dealkylation sites (tertiary alicyclic amines) is 1. The highest BCUT2D eigenvalue weighted by Crippen LogP contribution is 2.23. The van der Waals surface area contributed by atoms with Gasteiger partial charge in [0.2, 0.25) is 5.91 Å². The van der Waals surface area contributed by atoms with Crippen LogP contribution in [0.1, 0.15) is 55.6 Å². The first-order valence-electron chi connectivity index (χ1n) is 10.2. The highest BCUT2D eigenvalue weighted by atomic mass is 16.2. The van der Waals surface area contributed by atoms with Crippen LogP contribution in [-0.2, 0) is 17.8 Å². The van der Waals surface area contributed by atoms with Gasteiger partial charge in [0.25, 0.3) is 0 Å². The number of fused-ring (bicyclic) bond motifs is 1. The van der Waals surface area contributed by atoms with Crippen molar-refractivity contribution in [1.82, 2.24) is 25.1 Å². The van der Waals surface area contributed by atoms with Crippen LogP contribution in [0.2, 0.25) is 0 Å². The summed E-state index contributed by atoms with van der Waals surface area (Å²) in [5, 5.41) is 3.44. The van der Waals surface area contributed by atoms with Gasteiger partial charge < -0.3 is 10.2 Å². The summed E-state index contributed by atoms with van der Waals surface area (Å²) < 4.78 is 0. The van der Waals surface area contributed by atoms with Gasteiger partial charge in [0.05, 0.1) is 12.2 Å². The molecule has 0 saturated carbocycles. The summed E-state index contributed by atoms with van der Waals surface area (Å²) >= 11 is 0. The van der Waals surface area contributed by atoms with Crippen molar-refractivity contribution < 1.29 is 4.79 Å². The fourth-order valence-electron chi connectivity index (χ4n) is 4.53. The Morgan fingerprint density at radius 1 is 1.31 bits per heavy atom. The Hall–Kier alpha value is -1.53. The topological polar surface area (TPSA) is 61.4 Å². The van der Waals surface area contributed by atoms with Crippen LogP contribution in [0.5, 0.6) is 0 Å². The maximum atomic E-state index is 12.7. The van der Waals surface area contributed by atoms with Gasteiger partial charge in [0, 0.05) is 50.3 Å². The van der Waals surface area contributed by atoms with Crippen molar-refractivity contribution in [2.45, 2.75) is 51.5 Å². The fraction of sp³-hybridized carbons (Fsp3) is 0.750. The molecule has 2 saturated heterocycles. The van der Waals surface area contributed by atoms with Crippen molar-refractivity contribution in [2.24, 2.45) is 5.92 Å². The molecule has 2 atom stereocenters. The molecule has 2 fully saturated rings. The van der Waals surface area contributed by atoms with E-state index in [0.29, 0.717) is 24.9 Å². The van der Waals surface area contributed by atoms with Crippen LogP contribution >= 0.6 is 0 Å². The molecule has 1 N–H and O–H groups in total. The Labute approximate surface area is 156 Å². The summed E-state index contributed by atoms with van der Waals surface area (Å²) in [7, 11) is 0. The molecule has 1 aromatic heterocycles. The molecular formula is C20H31N5O. The third kappa shape index (κ3) is 4.07. The second kappa shape index (κ2) is 8.01. The molecule has 3 aliphatic rings. The van der Waals surface area contributed by atoms with Crippen LogP contribution in [-0.4, -0.2) is 64.9 Å². The maximum absolute atomic E-state index is 12.7. The van der Waals surface area contributed by atoms with Gasteiger partial charge in [-0.3, -0.25) is 9.69 Å². The van der Waals surface area contributed by atoms with Gasteiger partial charge in [0.1, 0.15) is 5.82 Å². The molecule has 4 heterocycles. The van der Waals surface area contributed by atoms with Crippen LogP contribution in [0.15, 0.2) is 6.20 Å². The van der Waals surface area contributed by atoms with Crippen molar-refractivity contribution in [2.75, 3.05) is 39.3 Å². The van der Waals surface area contributed by atoms with Crippen molar-refractivity contribution in [1.29, 1.82) is 0 Å². The minimum Gasteiger partial charge on any atom is -0.337 e. The molecule has 0 bridgehead atoms. The van der Waals surface area contributed by atoms with E-state index in [9.17, 15) is 4.79 Å². The smallest absolute Gasteiger partial charge is 0.237 e. The molecule has 4 rings (SSSR count). The molecule has 142 valence electrons. The van der Waals surface area contributed by atoms with Gasteiger partial charge in [-0.05, 0) is 44.7 Å². The minimum absolute atomic E-state index is 0.255. The Bertz CT molecular complexity index is 643. The van der Waals surface area contributed by atoms with Crippen LogP contribution in [0.3, 0.4) is 0 Å². The van der Waals surface area contributed by atoms with Crippen LogP contribution in [0.4, 0.5) is 0 Å². The first kappa shape index (κ1) is 17.9. The zero-order chi connectivity index (χ0) is 17.9. The predicted molar refractivity (Wildman–Crippen MR) is 101 cm³/mol. The Morgan fingerprint density at radius 2 is 2.23 bits per heavy atom. The number of carbonyl (C=O) groups is 1. The summed E-state index contributed by atoms with van der Waals surface area (Å²) in [5.74, 6) is 2.39. The normalized spacial score (nSPS) is 27.2. The zero-order valence-electron chi connectivity index (χ0n) is 15.9. The van der Waals surface area contributed by atoms with Crippen molar-refractivity contribution in [3.05, 3.63) is 23.3 Å². The predicted octanol–water partition coefficient (Wildman–Crippen LogP) is 1.56. The fourth-order valence-corrected chi connectivity index (χ4v) is 4.53. The molecule has 0 aliphatic carbocycles. The third-order valence-electron chi connectivity index (χ3n) is 6.07. The van der Waals surface area contributed by atoms with Gasteiger partial charge in [-0.25, -0.2) is 9.97 Å². The average Bonchev–Trinajstić information content (AvgIpc) is 2.68. The molecule has 6 nitrogen and oxygen atoms in total. The maximum Gasteiger partial charge on any atom is 0.237 e. The van der Waals surface area contributed by atoms with E-state index in [1.54, 1.807) is 0 Å². The number of hydrogen-bond donors (Lipinski definition) is 1. The summed E-state index contributed by atoms with van der Waals surface area (Å²) in [4.78, 5) is 26.5. The van der Waals surface area contributed by atoms with E-state index in [1.165, 1.54) is 25.7 Å². The highest BCUT2D eigenvalue weighted by molar-refractivity contribution is 5.78. The number of rotatable bonds is 3. The van der Waals surface area contributed by atoms with Gasteiger partial charge in [-0.2, -0.15) is 0 Å². The Kier molecular flexibility index (Phi) is 5.50. The van der Waals surface area contributed by atoms with E-state index in [1.807, 2.05) is 11.1 Å². The molecule has 0 unspecified atom stereocenters. The van der Waals surface area contributed by atoms with Crippen LogP contribution in [0, 0.1) is 5.92 Å². The molecule has 0 spiro atoms. The molecule has 1 amide bonds. The Morgan fingerprint density at radius 3 is 3.04 bits per heavy atom. The number of carbonyl (C=O) groups excluding carboxylic acids is 1. The van der Waals surface area contributed by atoms with E-state index < -0.39 is 0 Å². The van der Waals surface area contributed by atoms with Crippen molar-refractivity contribution >= 4 is 5.91 Å². The summed E-state index contributed by atoms with van der Waals surface area (Å²) in [6, 6.07) is 0. The molecule has 0 radical (unpaired) electrons. The number of amides is 1. The van der Waals surface area contributed by atoms with Crippen molar-refractivity contribution in [3.8, 4) is 0 Å². The van der Waals surface area contributed by atoms with Crippen molar-refractivity contribution in [3.63, 3.8) is 0 Å². The molecule has 0 aromatic carbocycles. The SMILES string of the molecule is C[C@H]1CCCN(CC(=O)N2CCc3nc([C@H]4CCCNC4)ncc3C2)C1. The first-order chi connectivity index (χ1) is 12.7. The largest absolute Gasteiger partial charge is 0.337 e.